The molecule has 0 saturated carbocycles. The Morgan fingerprint density at radius 1 is 1.33 bits per heavy atom. The van der Waals surface area contributed by atoms with Gasteiger partial charge in [0.05, 0.1) is 6.61 Å². The fraction of sp³-hybridized carbons (Fsp3) is 0.571. The molecule has 2 rings (SSSR count). The topological polar surface area (TPSA) is 21.3 Å². The van der Waals surface area contributed by atoms with E-state index in [-0.39, 0.29) is 6.61 Å². The summed E-state index contributed by atoms with van der Waals surface area (Å²) in [6, 6.07) is 3.59. The first-order valence-corrected chi connectivity index (χ1v) is 6.48. The van der Waals surface area contributed by atoms with Gasteiger partial charge >= 0.3 is 0 Å². The van der Waals surface area contributed by atoms with Crippen LogP contribution in [0.4, 0.5) is 8.78 Å². The molecule has 0 amide bonds. The first-order valence-electron chi connectivity index (χ1n) is 6.48. The van der Waals surface area contributed by atoms with Crippen LogP contribution in [0.1, 0.15) is 24.8 Å². The number of ether oxygens (including phenoxy) is 1. The standard InChI is InChI=1S/C14H19F2NO/c15-13-4-3-12(14(16)8-13)10-18-7-5-11-2-1-6-17-9-11/h3-4,8,11,17H,1-2,5-7,9-10H2/t11-/m0/s1. The van der Waals surface area contributed by atoms with E-state index in [0.717, 1.165) is 25.6 Å². The van der Waals surface area contributed by atoms with Gasteiger partial charge in [-0.3, -0.25) is 0 Å². The van der Waals surface area contributed by atoms with Crippen LogP contribution in [-0.2, 0) is 11.3 Å². The van der Waals surface area contributed by atoms with Crippen molar-refractivity contribution in [3.8, 4) is 0 Å². The van der Waals surface area contributed by atoms with Gasteiger partial charge in [0.25, 0.3) is 0 Å². The number of halogens is 2. The maximum atomic E-state index is 13.3. The fourth-order valence-corrected chi connectivity index (χ4v) is 2.24. The van der Waals surface area contributed by atoms with Gasteiger partial charge in [0, 0.05) is 18.2 Å². The molecule has 0 unspecified atom stereocenters. The number of nitrogens with one attached hydrogen (secondary N) is 1. The molecule has 1 fully saturated rings. The summed E-state index contributed by atoms with van der Waals surface area (Å²) in [5.74, 6) is -0.421. The molecule has 1 saturated heterocycles. The minimum absolute atomic E-state index is 0.215. The molecule has 0 aromatic heterocycles. The van der Waals surface area contributed by atoms with Gasteiger partial charge in [-0.15, -0.1) is 0 Å². The SMILES string of the molecule is Fc1ccc(COCC[C@@H]2CCCNC2)c(F)c1. The van der Waals surface area contributed by atoms with Crippen molar-refractivity contribution in [2.45, 2.75) is 25.9 Å². The Labute approximate surface area is 106 Å². The van der Waals surface area contributed by atoms with Gasteiger partial charge in [-0.2, -0.15) is 0 Å². The molecule has 1 aliphatic heterocycles. The lowest BCUT2D eigenvalue weighted by Gasteiger charge is -2.22. The van der Waals surface area contributed by atoms with E-state index >= 15 is 0 Å². The van der Waals surface area contributed by atoms with Gasteiger partial charge in [0.1, 0.15) is 11.6 Å². The maximum absolute atomic E-state index is 13.3. The van der Waals surface area contributed by atoms with Gasteiger partial charge in [-0.1, -0.05) is 6.07 Å². The van der Waals surface area contributed by atoms with Gasteiger partial charge in [-0.05, 0) is 44.3 Å². The van der Waals surface area contributed by atoms with Crippen LogP contribution in [-0.4, -0.2) is 19.7 Å². The van der Waals surface area contributed by atoms with Crippen LogP contribution in [0, 0.1) is 17.6 Å². The molecule has 1 aromatic rings. The molecule has 1 atom stereocenters. The summed E-state index contributed by atoms with van der Waals surface area (Å²) < 4.78 is 31.4. The van der Waals surface area contributed by atoms with Crippen LogP contribution >= 0.6 is 0 Å². The van der Waals surface area contributed by atoms with Crippen LogP contribution in [0.3, 0.4) is 0 Å². The molecule has 0 aliphatic carbocycles. The normalized spacial score (nSPS) is 20.0. The van der Waals surface area contributed by atoms with Gasteiger partial charge in [0.15, 0.2) is 0 Å². The highest BCUT2D eigenvalue weighted by Crippen LogP contribution is 2.15. The molecule has 100 valence electrons. The fourth-order valence-electron chi connectivity index (χ4n) is 2.24. The Kier molecular flexibility index (Phi) is 5.08. The second kappa shape index (κ2) is 6.81. The van der Waals surface area contributed by atoms with E-state index in [2.05, 4.69) is 5.32 Å². The summed E-state index contributed by atoms with van der Waals surface area (Å²) in [4.78, 5) is 0. The van der Waals surface area contributed by atoms with Crippen molar-refractivity contribution in [1.29, 1.82) is 0 Å². The van der Waals surface area contributed by atoms with E-state index in [1.165, 1.54) is 25.0 Å². The van der Waals surface area contributed by atoms with Crippen molar-refractivity contribution in [2.24, 2.45) is 5.92 Å². The third-order valence-electron chi connectivity index (χ3n) is 3.34. The molecule has 4 heteroatoms. The lowest BCUT2D eigenvalue weighted by atomic mass is 9.97. The zero-order valence-electron chi connectivity index (χ0n) is 10.4. The summed E-state index contributed by atoms with van der Waals surface area (Å²) in [6.45, 7) is 3.00. The zero-order chi connectivity index (χ0) is 12.8. The average molecular weight is 255 g/mol. The molecular formula is C14H19F2NO. The lowest BCUT2D eigenvalue weighted by Crippen LogP contribution is -2.30. The highest BCUT2D eigenvalue weighted by molar-refractivity contribution is 5.17. The van der Waals surface area contributed by atoms with Gasteiger partial charge < -0.3 is 10.1 Å². The third-order valence-corrected chi connectivity index (χ3v) is 3.34. The minimum atomic E-state index is -0.551. The predicted octanol–water partition coefficient (Wildman–Crippen LogP) is 2.87. The van der Waals surface area contributed by atoms with Gasteiger partial charge in [-0.25, -0.2) is 8.78 Å². The third kappa shape index (κ3) is 4.03. The summed E-state index contributed by atoms with van der Waals surface area (Å²) in [6.07, 6.45) is 3.45. The number of piperidine rings is 1. The van der Waals surface area contributed by atoms with Crippen LogP contribution in [0.25, 0.3) is 0 Å². The molecule has 1 aliphatic rings. The molecule has 18 heavy (non-hydrogen) atoms. The summed E-state index contributed by atoms with van der Waals surface area (Å²) in [7, 11) is 0. The van der Waals surface area contributed by atoms with E-state index in [1.807, 2.05) is 0 Å². The molecule has 1 N–H and O–H groups in total. The van der Waals surface area contributed by atoms with Crippen molar-refractivity contribution in [2.75, 3.05) is 19.7 Å². The number of rotatable bonds is 5. The highest BCUT2D eigenvalue weighted by atomic mass is 19.1. The van der Waals surface area contributed by atoms with Crippen molar-refractivity contribution in [3.05, 3.63) is 35.4 Å². The largest absolute Gasteiger partial charge is 0.377 e. The summed E-state index contributed by atoms with van der Waals surface area (Å²) >= 11 is 0. The molecule has 0 spiro atoms. The predicted molar refractivity (Wildman–Crippen MR) is 66.2 cm³/mol. The van der Waals surface area contributed by atoms with Crippen LogP contribution in [0.15, 0.2) is 18.2 Å². The Hall–Kier alpha value is -1.00. The van der Waals surface area contributed by atoms with Crippen molar-refractivity contribution >= 4 is 0 Å². The van der Waals surface area contributed by atoms with Crippen LogP contribution in [0.2, 0.25) is 0 Å². The van der Waals surface area contributed by atoms with Crippen molar-refractivity contribution in [3.63, 3.8) is 0 Å². The maximum Gasteiger partial charge on any atom is 0.131 e. The molecule has 1 aromatic carbocycles. The second-order valence-corrected chi connectivity index (χ2v) is 4.79. The zero-order valence-corrected chi connectivity index (χ0v) is 10.4. The Morgan fingerprint density at radius 3 is 2.94 bits per heavy atom. The van der Waals surface area contributed by atoms with Gasteiger partial charge in [0.2, 0.25) is 0 Å². The van der Waals surface area contributed by atoms with E-state index in [0.29, 0.717) is 18.1 Å². The summed E-state index contributed by atoms with van der Waals surface area (Å²) in [5, 5.41) is 3.35. The van der Waals surface area contributed by atoms with E-state index in [9.17, 15) is 8.78 Å². The molecule has 2 nitrogen and oxygen atoms in total. The quantitative estimate of drug-likeness (QED) is 0.817. The monoisotopic (exact) mass is 255 g/mol. The van der Waals surface area contributed by atoms with E-state index in [1.54, 1.807) is 0 Å². The summed E-state index contributed by atoms with van der Waals surface area (Å²) in [5.41, 5.74) is 0.415. The average Bonchev–Trinajstić information content (AvgIpc) is 2.38. The molecule has 0 radical (unpaired) electrons. The van der Waals surface area contributed by atoms with Crippen LogP contribution < -0.4 is 5.32 Å². The van der Waals surface area contributed by atoms with Crippen LogP contribution in [0.5, 0.6) is 0 Å². The molecule has 0 bridgehead atoms. The van der Waals surface area contributed by atoms with E-state index < -0.39 is 11.6 Å². The first kappa shape index (κ1) is 13.4. The highest BCUT2D eigenvalue weighted by Gasteiger charge is 2.12. The first-order chi connectivity index (χ1) is 8.75. The second-order valence-electron chi connectivity index (χ2n) is 4.79. The lowest BCUT2D eigenvalue weighted by molar-refractivity contribution is 0.101. The number of benzene rings is 1. The number of hydrogen-bond donors (Lipinski definition) is 1. The minimum Gasteiger partial charge on any atom is -0.377 e. The molecule has 1 heterocycles. The van der Waals surface area contributed by atoms with Crippen molar-refractivity contribution < 1.29 is 13.5 Å². The Balaban J connectivity index is 1.68. The smallest absolute Gasteiger partial charge is 0.131 e. The van der Waals surface area contributed by atoms with E-state index in [4.69, 9.17) is 4.74 Å². The molecular weight excluding hydrogens is 236 g/mol. The van der Waals surface area contributed by atoms with Crippen molar-refractivity contribution in [1.82, 2.24) is 5.32 Å². The Bertz CT molecular complexity index is 378. The Morgan fingerprint density at radius 2 is 2.22 bits per heavy atom. The number of hydrogen-bond acceptors (Lipinski definition) is 2.